The Balaban J connectivity index is 3.46. The van der Waals surface area contributed by atoms with Gasteiger partial charge in [0.15, 0.2) is 0 Å². The largest absolute Gasteiger partial charge is 0.390 e. The van der Waals surface area contributed by atoms with Crippen molar-refractivity contribution in [3.63, 3.8) is 0 Å². The number of hydrogen-bond donors (Lipinski definition) is 3. The molecule has 3 N–H and O–H groups in total. The molecule has 0 aromatic carbocycles. The highest BCUT2D eigenvalue weighted by atomic mass is 16.5. The molecule has 0 amide bonds. The van der Waals surface area contributed by atoms with Gasteiger partial charge in [-0.1, -0.05) is 41.0 Å². The number of Topliss-reactive ketones (excluding diaryl/α,β-unsaturated/α-hetero) is 1. The minimum atomic E-state index is -1.44. The van der Waals surface area contributed by atoms with Crippen molar-refractivity contribution in [3.05, 3.63) is 0 Å². The second-order valence-corrected chi connectivity index (χ2v) is 10.2. The van der Waals surface area contributed by atoms with Crippen LogP contribution in [-0.2, 0) is 9.53 Å². The first-order valence-corrected chi connectivity index (χ1v) is 11.4. The molecule has 9 atom stereocenters. The maximum absolute atomic E-state index is 13.1. The van der Waals surface area contributed by atoms with Crippen LogP contribution in [-0.4, -0.2) is 64.4 Å². The zero-order valence-corrected chi connectivity index (χ0v) is 20.5. The van der Waals surface area contributed by atoms with Gasteiger partial charge in [-0.2, -0.15) is 0 Å². The lowest BCUT2D eigenvalue weighted by molar-refractivity contribution is -0.141. The molecule has 0 heterocycles. The summed E-state index contributed by atoms with van der Waals surface area (Å²) in [4.78, 5) is 17.6. The molecule has 30 heavy (non-hydrogen) atoms. The number of carbonyl (C=O) groups is 1. The summed E-state index contributed by atoms with van der Waals surface area (Å²) in [7, 11) is 3.29. The third-order valence-electron chi connectivity index (χ3n) is 7.41. The highest BCUT2D eigenvalue weighted by Gasteiger charge is 2.45. The Bertz CT molecular complexity index is 600. The van der Waals surface area contributed by atoms with Gasteiger partial charge in [-0.3, -0.25) is 9.79 Å². The summed E-state index contributed by atoms with van der Waals surface area (Å²) in [5.74, 6) is -1.23. The lowest BCUT2D eigenvalue weighted by Crippen LogP contribution is -2.53. The molecule has 3 unspecified atom stereocenters. The number of aliphatic hydroxyl groups is 3. The highest BCUT2D eigenvalue weighted by molar-refractivity contribution is 5.89. The molecule has 6 nitrogen and oxygen atoms in total. The van der Waals surface area contributed by atoms with Crippen LogP contribution in [0.1, 0.15) is 74.1 Å². The first-order valence-electron chi connectivity index (χ1n) is 11.4. The summed E-state index contributed by atoms with van der Waals surface area (Å²) in [6, 6.07) is 0. The predicted octanol–water partition coefficient (Wildman–Crippen LogP) is 3.26. The van der Waals surface area contributed by atoms with Gasteiger partial charge in [0.2, 0.25) is 0 Å². The Morgan fingerprint density at radius 3 is 2.13 bits per heavy atom. The molecule has 1 rings (SSSR count). The quantitative estimate of drug-likeness (QED) is 0.628. The number of carbonyl (C=O) groups excluding carboxylic acids is 1. The van der Waals surface area contributed by atoms with Crippen molar-refractivity contribution in [2.24, 2.45) is 34.6 Å². The van der Waals surface area contributed by atoms with Crippen LogP contribution in [0.25, 0.3) is 0 Å². The van der Waals surface area contributed by atoms with Crippen molar-refractivity contribution in [1.29, 1.82) is 0 Å². The lowest BCUT2D eigenvalue weighted by atomic mass is 9.70. The maximum atomic E-state index is 13.1. The first kappa shape index (κ1) is 27.2. The molecule has 0 radical (unpaired) electrons. The van der Waals surface area contributed by atoms with E-state index < -0.39 is 23.2 Å². The van der Waals surface area contributed by atoms with E-state index in [9.17, 15) is 20.1 Å². The molecule has 6 heteroatoms. The molecule has 0 saturated heterocycles. The third-order valence-corrected chi connectivity index (χ3v) is 7.41. The molecule has 0 aromatic heterocycles. The monoisotopic (exact) mass is 427 g/mol. The fourth-order valence-electron chi connectivity index (χ4n) is 5.74. The molecule has 1 saturated carbocycles. The zero-order valence-electron chi connectivity index (χ0n) is 20.5. The van der Waals surface area contributed by atoms with E-state index in [1.165, 1.54) is 0 Å². The van der Waals surface area contributed by atoms with Crippen LogP contribution in [0.15, 0.2) is 4.99 Å². The van der Waals surface area contributed by atoms with Crippen LogP contribution in [0.5, 0.6) is 0 Å². The van der Waals surface area contributed by atoms with E-state index in [1.54, 1.807) is 21.1 Å². The van der Waals surface area contributed by atoms with Crippen molar-refractivity contribution < 1.29 is 24.9 Å². The number of ether oxygens (including phenoxy) is 1. The number of aliphatic hydroxyl groups excluding tert-OH is 1. The van der Waals surface area contributed by atoms with Gasteiger partial charge >= 0.3 is 0 Å². The van der Waals surface area contributed by atoms with Crippen LogP contribution in [0.2, 0.25) is 0 Å². The molecule has 1 fully saturated rings. The van der Waals surface area contributed by atoms with E-state index in [0.717, 1.165) is 5.71 Å². The zero-order chi connectivity index (χ0) is 23.4. The van der Waals surface area contributed by atoms with Crippen LogP contribution in [0.3, 0.4) is 0 Å². The smallest absolute Gasteiger partial charge is 0.138 e. The van der Waals surface area contributed by atoms with E-state index in [4.69, 9.17) is 4.74 Å². The second kappa shape index (κ2) is 10.7. The minimum Gasteiger partial charge on any atom is -0.390 e. The Morgan fingerprint density at radius 2 is 1.67 bits per heavy atom. The molecular weight excluding hydrogens is 382 g/mol. The summed E-state index contributed by atoms with van der Waals surface area (Å²) >= 11 is 0. The standard InChI is InChI=1S/C24H45NO5/c1-10-18-11-19(26)16(4)21(30-9)15(3)13-23(6,28)12-14(2)20(25-8)17(5)22(27)24(18,7)29/h14-18,21-22,27-29H,10-13H2,1-9H3/t14-,15-,16?,17?,18+,21+,22?,23-,24-/m1/s1. The SMILES string of the molecule is CC[C@H]1CC(=O)C(C)[C@@H](OC)[C@H](C)C[C@](C)(O)C[C@@H](C)C(=NC)C(C)C(O)[C@]1(C)O. The number of hydrogen-bond acceptors (Lipinski definition) is 6. The molecule has 1 aliphatic rings. The second-order valence-electron chi connectivity index (χ2n) is 10.2. The lowest BCUT2D eigenvalue weighted by Gasteiger charge is -2.42. The summed E-state index contributed by atoms with van der Waals surface area (Å²) in [6.07, 6.45) is 0.316. The van der Waals surface area contributed by atoms with Gasteiger partial charge in [-0.05, 0) is 44.4 Å². The van der Waals surface area contributed by atoms with Gasteiger partial charge in [0.25, 0.3) is 0 Å². The van der Waals surface area contributed by atoms with Gasteiger partial charge in [0.1, 0.15) is 5.78 Å². The summed E-state index contributed by atoms with van der Waals surface area (Å²) in [5.41, 5.74) is -1.65. The number of nitrogens with zero attached hydrogens (tertiary/aromatic N) is 1. The van der Waals surface area contributed by atoms with Crippen LogP contribution >= 0.6 is 0 Å². The molecular formula is C24H45NO5. The summed E-state index contributed by atoms with van der Waals surface area (Å²) in [6.45, 7) is 13.1. The van der Waals surface area contributed by atoms with Crippen molar-refractivity contribution in [2.45, 2.75) is 97.6 Å². The summed E-state index contributed by atoms with van der Waals surface area (Å²) < 4.78 is 5.70. The van der Waals surface area contributed by atoms with Crippen molar-refractivity contribution in [1.82, 2.24) is 0 Å². The molecule has 1 aliphatic carbocycles. The fraction of sp³-hybridized carbons (Fsp3) is 0.917. The average molecular weight is 428 g/mol. The molecule has 176 valence electrons. The maximum Gasteiger partial charge on any atom is 0.138 e. The molecule has 0 bridgehead atoms. The predicted molar refractivity (Wildman–Crippen MR) is 121 cm³/mol. The highest BCUT2D eigenvalue weighted by Crippen LogP contribution is 2.37. The molecule has 0 aromatic rings. The summed E-state index contributed by atoms with van der Waals surface area (Å²) in [5, 5.41) is 33.6. The number of methoxy groups -OCH3 is 1. The van der Waals surface area contributed by atoms with Crippen LogP contribution in [0.4, 0.5) is 0 Å². The van der Waals surface area contributed by atoms with Crippen molar-refractivity contribution in [3.8, 4) is 0 Å². The van der Waals surface area contributed by atoms with Gasteiger partial charge in [-0.25, -0.2) is 0 Å². The number of ketones is 1. The van der Waals surface area contributed by atoms with Crippen LogP contribution < -0.4 is 0 Å². The van der Waals surface area contributed by atoms with Gasteiger partial charge in [0, 0.05) is 38.1 Å². The number of rotatable bonds is 2. The van der Waals surface area contributed by atoms with Gasteiger partial charge in [0.05, 0.1) is 23.4 Å². The van der Waals surface area contributed by atoms with Crippen molar-refractivity contribution >= 4 is 11.5 Å². The Morgan fingerprint density at radius 1 is 1.10 bits per heavy atom. The van der Waals surface area contributed by atoms with E-state index >= 15 is 0 Å². The Kier molecular flexibility index (Phi) is 9.68. The molecule has 0 aliphatic heterocycles. The van der Waals surface area contributed by atoms with E-state index in [1.807, 2.05) is 41.5 Å². The van der Waals surface area contributed by atoms with E-state index in [-0.39, 0.29) is 42.0 Å². The molecule has 0 spiro atoms. The van der Waals surface area contributed by atoms with E-state index in [2.05, 4.69) is 4.99 Å². The van der Waals surface area contributed by atoms with Gasteiger partial charge < -0.3 is 20.1 Å². The first-order chi connectivity index (χ1) is 13.7. The van der Waals surface area contributed by atoms with E-state index in [0.29, 0.717) is 19.3 Å². The fourth-order valence-corrected chi connectivity index (χ4v) is 5.74. The van der Waals surface area contributed by atoms with Crippen molar-refractivity contribution in [2.75, 3.05) is 14.2 Å². The van der Waals surface area contributed by atoms with Crippen LogP contribution in [0, 0.1) is 29.6 Å². The number of aliphatic imine (C=N–C) groups is 1. The normalized spacial score (nSPS) is 46.6. The Labute approximate surface area is 183 Å². The average Bonchev–Trinajstić information content (AvgIpc) is 2.64. The Hall–Kier alpha value is -0.820. The topological polar surface area (TPSA) is 99.4 Å². The minimum absolute atomic E-state index is 0.00938. The van der Waals surface area contributed by atoms with Gasteiger partial charge in [-0.15, -0.1) is 0 Å². The third kappa shape index (κ3) is 6.12.